The predicted octanol–water partition coefficient (Wildman–Crippen LogP) is 3.59. The van der Waals surface area contributed by atoms with Crippen LogP contribution >= 0.6 is 0 Å². The number of hydrogen-bond donors (Lipinski definition) is 2. The first-order valence-corrected chi connectivity index (χ1v) is 14.3. The van der Waals surface area contributed by atoms with E-state index in [1.807, 2.05) is 26.8 Å². The summed E-state index contributed by atoms with van der Waals surface area (Å²) in [5.41, 5.74) is 2.38. The SMILES string of the molecule is CCOc1cc2c(c(F)c1OCC)C(=N)N(CC(=O)c1cc(N3CCN(C(=O)CO)CC3)cc(C(C)(C)C)c1OC)C2. The fraction of sp³-hybridized carbons (Fsp3) is 0.516. The number of rotatable bonds is 10. The second-order valence-electron chi connectivity index (χ2n) is 11.4. The number of anilines is 1. The number of carbonyl (C=O) groups is 2. The number of fused-ring (bicyclic) bond motifs is 1. The number of halogens is 1. The summed E-state index contributed by atoms with van der Waals surface area (Å²) in [6.07, 6.45) is 0. The molecule has 10 nitrogen and oxygen atoms in total. The van der Waals surface area contributed by atoms with Crippen molar-refractivity contribution in [2.24, 2.45) is 0 Å². The Balaban J connectivity index is 1.65. The molecule has 2 aliphatic heterocycles. The van der Waals surface area contributed by atoms with Gasteiger partial charge in [-0.05, 0) is 43.0 Å². The number of amides is 1. The molecule has 2 aliphatic rings. The van der Waals surface area contributed by atoms with Crippen molar-refractivity contribution in [2.75, 3.05) is 64.6 Å². The van der Waals surface area contributed by atoms with E-state index in [-0.39, 0.29) is 59.7 Å². The molecule has 2 N–H and O–H groups in total. The normalized spacial score (nSPS) is 15.1. The van der Waals surface area contributed by atoms with Crippen LogP contribution in [-0.2, 0) is 16.8 Å². The minimum atomic E-state index is -0.661. The molecule has 1 amide bonds. The molecular weight excluding hydrogens is 543 g/mol. The second kappa shape index (κ2) is 12.6. The molecule has 2 aromatic rings. The van der Waals surface area contributed by atoms with Crippen LogP contribution in [0.15, 0.2) is 18.2 Å². The lowest BCUT2D eigenvalue weighted by Crippen LogP contribution is -2.49. The summed E-state index contributed by atoms with van der Waals surface area (Å²) in [5.74, 6) is -0.592. The van der Waals surface area contributed by atoms with Gasteiger partial charge >= 0.3 is 0 Å². The standard InChI is InChI=1S/C31H41FN4O6/c1-7-41-24-13-19-16-36(30(33)26(19)27(32)29(24)42-8-2)17-23(38)21-14-20(15-22(28(21)40-6)31(3,4)5)34-9-11-35(12-10-34)25(39)18-37/h13-15,33,37H,7-12,16-18H2,1-6H3. The van der Waals surface area contributed by atoms with Gasteiger partial charge in [0.05, 0.1) is 38.0 Å². The van der Waals surface area contributed by atoms with E-state index in [0.29, 0.717) is 49.7 Å². The largest absolute Gasteiger partial charge is 0.496 e. The molecule has 42 heavy (non-hydrogen) atoms. The Kier molecular flexibility index (Phi) is 9.30. The molecule has 1 saturated heterocycles. The van der Waals surface area contributed by atoms with Crippen LogP contribution in [0.5, 0.6) is 17.2 Å². The van der Waals surface area contributed by atoms with Crippen molar-refractivity contribution in [1.82, 2.24) is 9.80 Å². The van der Waals surface area contributed by atoms with Gasteiger partial charge in [0.1, 0.15) is 18.2 Å². The molecule has 0 bridgehead atoms. The zero-order valence-corrected chi connectivity index (χ0v) is 25.3. The molecule has 2 aromatic carbocycles. The van der Waals surface area contributed by atoms with E-state index in [1.165, 1.54) is 7.11 Å². The lowest BCUT2D eigenvalue weighted by atomic mass is 9.84. The van der Waals surface area contributed by atoms with E-state index in [0.717, 1.165) is 11.3 Å². The van der Waals surface area contributed by atoms with Crippen LogP contribution in [-0.4, -0.2) is 92.1 Å². The lowest BCUT2D eigenvalue weighted by Gasteiger charge is -2.37. The second-order valence-corrected chi connectivity index (χ2v) is 11.4. The van der Waals surface area contributed by atoms with E-state index in [4.69, 9.17) is 19.6 Å². The number of methoxy groups -OCH3 is 1. The van der Waals surface area contributed by atoms with Crippen LogP contribution in [0, 0.1) is 11.2 Å². The predicted molar refractivity (Wildman–Crippen MR) is 158 cm³/mol. The third-order valence-corrected chi connectivity index (χ3v) is 7.63. The zero-order chi connectivity index (χ0) is 30.8. The lowest BCUT2D eigenvalue weighted by molar-refractivity contribution is -0.134. The Hall–Kier alpha value is -3.86. The Morgan fingerprint density at radius 1 is 1.02 bits per heavy atom. The summed E-state index contributed by atoms with van der Waals surface area (Å²) in [6.45, 7) is 11.8. The van der Waals surface area contributed by atoms with Crippen LogP contribution in [0.1, 0.15) is 61.7 Å². The van der Waals surface area contributed by atoms with Gasteiger partial charge in [0.25, 0.3) is 0 Å². The van der Waals surface area contributed by atoms with Gasteiger partial charge in [0, 0.05) is 44.0 Å². The van der Waals surface area contributed by atoms with Crippen molar-refractivity contribution in [3.8, 4) is 17.2 Å². The third kappa shape index (κ3) is 6.01. The first kappa shape index (κ1) is 31.1. The van der Waals surface area contributed by atoms with Crippen LogP contribution < -0.4 is 19.1 Å². The van der Waals surface area contributed by atoms with E-state index in [9.17, 15) is 14.7 Å². The van der Waals surface area contributed by atoms with Gasteiger partial charge in [0.2, 0.25) is 5.91 Å². The van der Waals surface area contributed by atoms with Crippen LogP contribution in [0.3, 0.4) is 0 Å². The number of aliphatic hydroxyl groups is 1. The maximum absolute atomic E-state index is 15.6. The number of ketones is 1. The summed E-state index contributed by atoms with van der Waals surface area (Å²) in [5, 5.41) is 18.0. The molecule has 0 saturated carbocycles. The molecule has 4 rings (SSSR count). The summed E-state index contributed by atoms with van der Waals surface area (Å²) in [4.78, 5) is 31.2. The van der Waals surface area contributed by atoms with E-state index in [2.05, 4.69) is 4.90 Å². The Morgan fingerprint density at radius 2 is 1.69 bits per heavy atom. The molecule has 2 heterocycles. The van der Waals surface area contributed by atoms with Gasteiger partial charge < -0.3 is 34.0 Å². The van der Waals surface area contributed by atoms with Gasteiger partial charge in [-0.2, -0.15) is 0 Å². The maximum atomic E-state index is 15.6. The summed E-state index contributed by atoms with van der Waals surface area (Å²) in [6, 6.07) is 5.51. The molecule has 11 heteroatoms. The number of hydrogen-bond acceptors (Lipinski definition) is 8. The molecule has 1 fully saturated rings. The number of benzene rings is 2. The summed E-state index contributed by atoms with van der Waals surface area (Å²) >= 11 is 0. The van der Waals surface area contributed by atoms with Gasteiger partial charge in [-0.3, -0.25) is 15.0 Å². The first-order chi connectivity index (χ1) is 19.9. The van der Waals surface area contributed by atoms with Crippen molar-refractivity contribution in [3.63, 3.8) is 0 Å². The fourth-order valence-corrected chi connectivity index (χ4v) is 5.51. The van der Waals surface area contributed by atoms with E-state index >= 15 is 4.39 Å². The fourth-order valence-electron chi connectivity index (χ4n) is 5.51. The molecule has 228 valence electrons. The number of carbonyl (C=O) groups excluding carboxylic acids is 2. The molecular formula is C31H41FN4O6. The number of amidine groups is 1. The molecule has 0 unspecified atom stereocenters. The number of nitrogens with one attached hydrogen (secondary N) is 1. The smallest absolute Gasteiger partial charge is 0.248 e. The Labute approximate surface area is 246 Å². The van der Waals surface area contributed by atoms with Crippen molar-refractivity contribution in [1.29, 1.82) is 5.41 Å². The Bertz CT molecular complexity index is 1360. The zero-order valence-electron chi connectivity index (χ0n) is 25.3. The van der Waals surface area contributed by atoms with Crippen LogP contribution in [0.25, 0.3) is 0 Å². The van der Waals surface area contributed by atoms with Gasteiger partial charge in [-0.25, -0.2) is 4.39 Å². The molecule has 0 atom stereocenters. The highest BCUT2D eigenvalue weighted by Crippen LogP contribution is 2.41. The quantitative estimate of drug-likeness (QED) is 0.407. The molecule has 0 aliphatic carbocycles. The number of nitrogens with zero attached hydrogens (tertiary/aromatic N) is 3. The van der Waals surface area contributed by atoms with Crippen LogP contribution in [0.4, 0.5) is 10.1 Å². The number of ether oxygens (including phenoxy) is 3. The monoisotopic (exact) mass is 584 g/mol. The average Bonchev–Trinajstić information content (AvgIpc) is 3.27. The molecule has 0 spiro atoms. The first-order valence-electron chi connectivity index (χ1n) is 14.3. The summed E-state index contributed by atoms with van der Waals surface area (Å²) < 4.78 is 32.5. The minimum absolute atomic E-state index is 0.0269. The molecule has 0 aromatic heterocycles. The van der Waals surface area contributed by atoms with Gasteiger partial charge in [-0.1, -0.05) is 20.8 Å². The highest BCUT2D eigenvalue weighted by atomic mass is 19.1. The highest BCUT2D eigenvalue weighted by Gasteiger charge is 2.34. The summed E-state index contributed by atoms with van der Waals surface area (Å²) in [7, 11) is 1.54. The minimum Gasteiger partial charge on any atom is -0.496 e. The van der Waals surface area contributed by atoms with Crippen molar-refractivity contribution in [2.45, 2.75) is 46.6 Å². The highest BCUT2D eigenvalue weighted by molar-refractivity contribution is 6.07. The van der Waals surface area contributed by atoms with Crippen molar-refractivity contribution >= 4 is 23.2 Å². The van der Waals surface area contributed by atoms with Gasteiger partial charge in [-0.15, -0.1) is 0 Å². The van der Waals surface area contributed by atoms with E-state index in [1.54, 1.807) is 35.8 Å². The number of piperazine rings is 1. The van der Waals surface area contributed by atoms with Crippen LogP contribution in [0.2, 0.25) is 0 Å². The van der Waals surface area contributed by atoms with E-state index < -0.39 is 12.4 Å². The number of Topliss-reactive ketones (excluding diaryl/α,β-unsaturated/α-hetero) is 1. The number of aliphatic hydroxyl groups excluding tert-OH is 1. The third-order valence-electron chi connectivity index (χ3n) is 7.63. The average molecular weight is 585 g/mol. The Morgan fingerprint density at radius 3 is 2.26 bits per heavy atom. The topological polar surface area (TPSA) is 116 Å². The van der Waals surface area contributed by atoms with Crippen molar-refractivity contribution < 1.29 is 33.3 Å². The maximum Gasteiger partial charge on any atom is 0.248 e. The molecule has 0 radical (unpaired) electrons. The van der Waals surface area contributed by atoms with Gasteiger partial charge in [0.15, 0.2) is 23.1 Å². The van der Waals surface area contributed by atoms with Crippen molar-refractivity contribution in [3.05, 3.63) is 46.3 Å².